The van der Waals surface area contributed by atoms with E-state index in [2.05, 4.69) is 26.6 Å². The van der Waals surface area contributed by atoms with Crippen LogP contribution in [0.1, 0.15) is 61.8 Å². The van der Waals surface area contributed by atoms with Gasteiger partial charge in [0.1, 0.15) is 12.1 Å². The van der Waals surface area contributed by atoms with E-state index < -0.39 is 18.1 Å². The summed E-state index contributed by atoms with van der Waals surface area (Å²) in [6.45, 7) is 2.48. The van der Waals surface area contributed by atoms with E-state index in [-0.39, 0.29) is 48.3 Å². The lowest BCUT2D eigenvalue weighted by Gasteiger charge is -2.33. The predicted octanol–water partition coefficient (Wildman–Crippen LogP) is 3.64. The molecule has 2 heterocycles. The first-order chi connectivity index (χ1) is 22.9. The third-order valence-electron chi connectivity index (χ3n) is 9.41. The molecule has 5 amide bonds. The Labute approximate surface area is 277 Å². The van der Waals surface area contributed by atoms with Crippen LogP contribution >= 0.6 is 0 Å². The smallest absolute Gasteiger partial charge is 0.315 e. The van der Waals surface area contributed by atoms with Gasteiger partial charge in [-0.25, -0.2) is 4.79 Å². The Morgan fingerprint density at radius 3 is 2.00 bits per heavy atom. The molecule has 3 aromatic carbocycles. The molecule has 0 radical (unpaired) electrons. The van der Waals surface area contributed by atoms with Crippen LogP contribution in [0.25, 0.3) is 0 Å². The maximum atomic E-state index is 14.5. The number of likely N-dealkylation sites (N-methyl/N-ethyl adjacent to an activating group) is 1. The molecule has 3 aromatic rings. The summed E-state index contributed by atoms with van der Waals surface area (Å²) in [7, 11) is 1.71. The van der Waals surface area contributed by atoms with Crippen molar-refractivity contribution in [1.29, 1.82) is 0 Å². The summed E-state index contributed by atoms with van der Waals surface area (Å²) in [5.74, 6) is -1.13. The Bertz CT molecular complexity index is 1440. The first-order valence-electron chi connectivity index (χ1n) is 16.6. The van der Waals surface area contributed by atoms with E-state index in [0.717, 1.165) is 16.7 Å². The number of rotatable bonds is 12. The summed E-state index contributed by atoms with van der Waals surface area (Å²) in [4.78, 5) is 56.3. The van der Waals surface area contributed by atoms with Crippen molar-refractivity contribution in [1.82, 2.24) is 31.5 Å². The van der Waals surface area contributed by atoms with E-state index in [1.807, 2.05) is 97.9 Å². The van der Waals surface area contributed by atoms with Gasteiger partial charge in [-0.3, -0.25) is 14.4 Å². The van der Waals surface area contributed by atoms with Crippen LogP contribution in [0.3, 0.4) is 0 Å². The summed E-state index contributed by atoms with van der Waals surface area (Å²) in [6, 6.07) is 26.3. The lowest BCUT2D eigenvalue weighted by molar-refractivity contribution is -0.143. The number of fused-ring (bicyclic) bond motifs is 1. The molecule has 47 heavy (non-hydrogen) atoms. The number of carbonyl (C=O) groups is 4. The average Bonchev–Trinajstić information content (AvgIpc) is 3.49. The summed E-state index contributed by atoms with van der Waals surface area (Å²) in [6.07, 6.45) is 3.06. The predicted molar refractivity (Wildman–Crippen MR) is 181 cm³/mol. The van der Waals surface area contributed by atoms with Crippen LogP contribution in [0, 0.1) is 5.92 Å². The van der Waals surface area contributed by atoms with E-state index >= 15 is 0 Å². The second kappa shape index (κ2) is 16.2. The van der Waals surface area contributed by atoms with Crippen molar-refractivity contribution in [3.05, 3.63) is 108 Å². The highest BCUT2D eigenvalue weighted by molar-refractivity contribution is 5.94. The highest BCUT2D eigenvalue weighted by atomic mass is 16.2. The van der Waals surface area contributed by atoms with Crippen molar-refractivity contribution in [2.45, 2.75) is 75.8 Å². The Balaban J connectivity index is 1.33. The molecule has 0 bridgehead atoms. The quantitative estimate of drug-likeness (QED) is 0.207. The first kappa shape index (κ1) is 33.7. The molecular formula is C37H46N6O4. The van der Waals surface area contributed by atoms with Crippen molar-refractivity contribution in [3.63, 3.8) is 0 Å². The van der Waals surface area contributed by atoms with Gasteiger partial charge in [0.05, 0.1) is 12.1 Å². The molecule has 0 saturated carbocycles. The van der Waals surface area contributed by atoms with E-state index in [4.69, 9.17) is 0 Å². The zero-order chi connectivity index (χ0) is 33.2. The Morgan fingerprint density at radius 1 is 0.809 bits per heavy atom. The van der Waals surface area contributed by atoms with E-state index in [9.17, 15) is 19.2 Å². The number of urea groups is 1. The second-order valence-corrected chi connectivity index (χ2v) is 12.4. The summed E-state index contributed by atoms with van der Waals surface area (Å²) in [5.41, 5.74) is 2.87. The normalized spacial score (nSPS) is 21.3. The van der Waals surface area contributed by atoms with Crippen molar-refractivity contribution in [3.8, 4) is 0 Å². The first-order valence-corrected chi connectivity index (χ1v) is 16.6. The van der Waals surface area contributed by atoms with Gasteiger partial charge in [-0.1, -0.05) is 97.9 Å². The molecule has 10 nitrogen and oxygen atoms in total. The van der Waals surface area contributed by atoms with Crippen LogP contribution in [-0.2, 0) is 20.9 Å². The molecule has 2 fully saturated rings. The minimum atomic E-state index is -0.892. The van der Waals surface area contributed by atoms with Crippen LogP contribution in [0.2, 0.25) is 0 Å². The molecule has 248 valence electrons. The SMILES string of the molecule is CCC(NC)C(=O)NC1C(=O)N2C(CCC1CNC(=O)NCc1ccccc1)CCC2C(=O)NC(c1ccccc1)c1ccccc1. The number of hydrogen-bond acceptors (Lipinski definition) is 5. The van der Waals surface area contributed by atoms with Gasteiger partial charge in [0, 0.05) is 25.0 Å². The number of benzene rings is 3. The molecule has 5 rings (SSSR count). The highest BCUT2D eigenvalue weighted by Gasteiger charge is 2.48. The number of carbonyl (C=O) groups excluding carboxylic acids is 4. The van der Waals surface area contributed by atoms with Crippen molar-refractivity contribution in [2.75, 3.05) is 13.6 Å². The molecule has 0 spiro atoms. The molecule has 5 N–H and O–H groups in total. The summed E-state index contributed by atoms with van der Waals surface area (Å²) in [5, 5.41) is 15.1. The molecule has 0 aliphatic carbocycles. The molecule has 0 aromatic heterocycles. The van der Waals surface area contributed by atoms with Gasteiger partial charge in [0.2, 0.25) is 17.7 Å². The van der Waals surface area contributed by atoms with Gasteiger partial charge in [-0.2, -0.15) is 0 Å². The number of nitrogens with one attached hydrogen (secondary N) is 5. The lowest BCUT2D eigenvalue weighted by atomic mass is 9.92. The fourth-order valence-electron chi connectivity index (χ4n) is 6.82. The maximum absolute atomic E-state index is 14.5. The number of amides is 5. The van der Waals surface area contributed by atoms with E-state index in [0.29, 0.717) is 38.6 Å². The van der Waals surface area contributed by atoms with Crippen LogP contribution in [0.4, 0.5) is 4.79 Å². The third kappa shape index (κ3) is 8.37. The highest BCUT2D eigenvalue weighted by Crippen LogP contribution is 2.35. The minimum Gasteiger partial charge on any atom is -0.343 e. The topological polar surface area (TPSA) is 132 Å². The van der Waals surface area contributed by atoms with Gasteiger partial charge < -0.3 is 31.5 Å². The lowest BCUT2D eigenvalue weighted by Crippen LogP contribution is -2.59. The number of hydrogen-bond donors (Lipinski definition) is 5. The van der Waals surface area contributed by atoms with Crippen LogP contribution in [0.15, 0.2) is 91.0 Å². The van der Waals surface area contributed by atoms with Crippen LogP contribution < -0.4 is 26.6 Å². The Hall–Kier alpha value is -4.70. The van der Waals surface area contributed by atoms with Crippen molar-refractivity contribution < 1.29 is 19.2 Å². The zero-order valence-corrected chi connectivity index (χ0v) is 27.2. The fourth-order valence-corrected chi connectivity index (χ4v) is 6.82. The Morgan fingerprint density at radius 2 is 1.40 bits per heavy atom. The average molecular weight is 639 g/mol. The summed E-state index contributed by atoms with van der Waals surface area (Å²) >= 11 is 0. The molecule has 10 heteroatoms. The van der Waals surface area contributed by atoms with Gasteiger partial charge in [-0.05, 0) is 55.8 Å². The second-order valence-electron chi connectivity index (χ2n) is 12.4. The molecule has 5 atom stereocenters. The maximum Gasteiger partial charge on any atom is 0.315 e. The van der Waals surface area contributed by atoms with Gasteiger partial charge >= 0.3 is 6.03 Å². The monoisotopic (exact) mass is 638 g/mol. The van der Waals surface area contributed by atoms with Crippen LogP contribution in [0.5, 0.6) is 0 Å². The summed E-state index contributed by atoms with van der Waals surface area (Å²) < 4.78 is 0. The zero-order valence-electron chi connectivity index (χ0n) is 27.2. The number of nitrogens with zero attached hydrogens (tertiary/aromatic N) is 1. The molecule has 2 saturated heterocycles. The third-order valence-corrected chi connectivity index (χ3v) is 9.41. The van der Waals surface area contributed by atoms with Crippen LogP contribution in [-0.4, -0.2) is 66.4 Å². The molecule has 2 aliphatic rings. The molecule has 2 aliphatic heterocycles. The van der Waals surface area contributed by atoms with Crippen molar-refractivity contribution in [2.24, 2.45) is 5.92 Å². The molecule has 5 unspecified atom stereocenters. The van der Waals surface area contributed by atoms with Gasteiger partial charge in [0.25, 0.3) is 0 Å². The van der Waals surface area contributed by atoms with Gasteiger partial charge in [-0.15, -0.1) is 0 Å². The standard InChI is InChI=1S/C37H46N6O4/c1-3-30(38-2)34(44)42-33-28(24-40-37(47)39-23-25-13-7-4-8-14-25)19-20-29-21-22-31(43(29)36(33)46)35(45)41-32(26-15-9-5-10-16-26)27-17-11-6-12-18-27/h4-18,28-33,38H,3,19-24H2,1-2H3,(H,41,45)(H,42,44)(H2,39,40,47). The minimum absolute atomic E-state index is 0.132. The van der Waals surface area contributed by atoms with Gasteiger partial charge in [0.15, 0.2) is 0 Å². The Kier molecular flexibility index (Phi) is 11.6. The van der Waals surface area contributed by atoms with E-state index in [1.54, 1.807) is 11.9 Å². The fraction of sp³-hybridized carbons (Fsp3) is 0.405. The van der Waals surface area contributed by atoms with Crippen molar-refractivity contribution >= 4 is 23.8 Å². The molecular weight excluding hydrogens is 592 g/mol. The largest absolute Gasteiger partial charge is 0.343 e. The van der Waals surface area contributed by atoms with E-state index in [1.165, 1.54) is 0 Å².